The molecule has 0 aliphatic carbocycles. The maximum Gasteiger partial charge on any atom is 0.227 e. The van der Waals surface area contributed by atoms with E-state index in [0.29, 0.717) is 12.5 Å². The van der Waals surface area contributed by atoms with Crippen LogP contribution < -0.4 is 20.1 Å². The predicted octanol–water partition coefficient (Wildman–Crippen LogP) is 4.09. The van der Waals surface area contributed by atoms with Crippen LogP contribution in [0.15, 0.2) is 48.5 Å². The Balaban J connectivity index is 0.00000243. The van der Waals surface area contributed by atoms with Crippen molar-refractivity contribution in [2.45, 2.75) is 13.8 Å². The summed E-state index contributed by atoms with van der Waals surface area (Å²) < 4.78 is 11.2. The highest BCUT2D eigenvalue weighted by atomic mass is 35.5. The van der Waals surface area contributed by atoms with Crippen molar-refractivity contribution in [2.75, 3.05) is 25.0 Å². The summed E-state index contributed by atoms with van der Waals surface area (Å²) in [5.74, 6) is 2.79. The van der Waals surface area contributed by atoms with Crippen molar-refractivity contribution < 1.29 is 14.3 Å². The number of halogens is 1. The maximum absolute atomic E-state index is 12.2. The van der Waals surface area contributed by atoms with Gasteiger partial charge >= 0.3 is 0 Å². The summed E-state index contributed by atoms with van der Waals surface area (Å²) in [6, 6.07) is 14.9. The second kappa shape index (κ2) is 9.46. The van der Waals surface area contributed by atoms with Crippen LogP contribution in [0.2, 0.25) is 0 Å². The van der Waals surface area contributed by atoms with Gasteiger partial charge < -0.3 is 20.1 Å². The second-order valence-electron chi connectivity index (χ2n) is 6.23. The summed E-state index contributed by atoms with van der Waals surface area (Å²) >= 11 is 0. The Morgan fingerprint density at radius 1 is 1.08 bits per heavy atom. The first-order valence-corrected chi connectivity index (χ1v) is 8.68. The monoisotopic (exact) mass is 376 g/mol. The number of anilines is 1. The number of benzene rings is 2. The summed E-state index contributed by atoms with van der Waals surface area (Å²) in [6.07, 6.45) is 0. The number of nitrogens with one attached hydrogen (secondary N) is 2. The van der Waals surface area contributed by atoms with Gasteiger partial charge in [0.15, 0.2) is 0 Å². The molecule has 6 heteroatoms. The molecule has 5 nitrogen and oxygen atoms in total. The first-order chi connectivity index (χ1) is 12.2. The lowest BCUT2D eigenvalue weighted by Crippen LogP contribution is -2.48. The van der Waals surface area contributed by atoms with Crippen molar-refractivity contribution in [3.63, 3.8) is 0 Å². The van der Waals surface area contributed by atoms with Gasteiger partial charge in [-0.15, -0.1) is 12.4 Å². The molecule has 0 saturated carbocycles. The second-order valence-corrected chi connectivity index (χ2v) is 6.23. The van der Waals surface area contributed by atoms with Crippen molar-refractivity contribution in [2.24, 2.45) is 11.8 Å². The van der Waals surface area contributed by atoms with E-state index in [1.807, 2.05) is 62.4 Å². The first kappa shape index (κ1) is 20.1. The van der Waals surface area contributed by atoms with E-state index in [0.717, 1.165) is 36.0 Å². The van der Waals surface area contributed by atoms with Crippen LogP contribution >= 0.6 is 12.4 Å². The van der Waals surface area contributed by atoms with E-state index < -0.39 is 0 Å². The van der Waals surface area contributed by atoms with Crippen LogP contribution in [0.1, 0.15) is 13.8 Å². The van der Waals surface area contributed by atoms with Crippen LogP contribution in [-0.4, -0.2) is 25.6 Å². The fraction of sp³-hybridized carbons (Fsp3) is 0.350. The van der Waals surface area contributed by atoms with E-state index in [1.165, 1.54) is 0 Å². The molecule has 1 amide bonds. The summed E-state index contributed by atoms with van der Waals surface area (Å²) in [7, 11) is 0. The normalized spacial score (nSPS) is 14.5. The van der Waals surface area contributed by atoms with Crippen molar-refractivity contribution in [3.8, 4) is 17.2 Å². The Bertz CT molecular complexity index is 700. The molecule has 0 spiro atoms. The molecular formula is C20H25ClN2O3. The molecule has 0 bridgehead atoms. The quantitative estimate of drug-likeness (QED) is 0.764. The maximum atomic E-state index is 12.2. The van der Waals surface area contributed by atoms with Crippen molar-refractivity contribution in [1.82, 2.24) is 5.32 Å². The van der Waals surface area contributed by atoms with Crippen LogP contribution in [0.4, 0.5) is 5.69 Å². The van der Waals surface area contributed by atoms with Crippen molar-refractivity contribution >= 4 is 24.0 Å². The minimum absolute atomic E-state index is 0. The minimum Gasteiger partial charge on any atom is -0.494 e. The van der Waals surface area contributed by atoms with E-state index in [1.54, 1.807) is 0 Å². The van der Waals surface area contributed by atoms with Gasteiger partial charge in [0.2, 0.25) is 5.91 Å². The van der Waals surface area contributed by atoms with Crippen molar-refractivity contribution in [1.29, 1.82) is 0 Å². The highest BCUT2D eigenvalue weighted by molar-refractivity contribution is 5.92. The van der Waals surface area contributed by atoms with Gasteiger partial charge in [-0.3, -0.25) is 4.79 Å². The smallest absolute Gasteiger partial charge is 0.227 e. The van der Waals surface area contributed by atoms with E-state index in [2.05, 4.69) is 10.6 Å². The van der Waals surface area contributed by atoms with E-state index >= 15 is 0 Å². The third kappa shape index (κ3) is 5.13. The van der Waals surface area contributed by atoms with Gasteiger partial charge in [-0.2, -0.15) is 0 Å². The molecule has 3 rings (SSSR count). The molecule has 1 saturated heterocycles. The molecule has 2 N–H and O–H groups in total. The van der Waals surface area contributed by atoms with Gasteiger partial charge in [0.05, 0.1) is 6.61 Å². The van der Waals surface area contributed by atoms with Crippen LogP contribution in [-0.2, 0) is 4.79 Å². The zero-order valence-electron chi connectivity index (χ0n) is 15.0. The zero-order chi connectivity index (χ0) is 17.6. The summed E-state index contributed by atoms with van der Waals surface area (Å²) in [5, 5.41) is 6.16. The molecule has 140 valence electrons. The van der Waals surface area contributed by atoms with Gasteiger partial charge in [0, 0.05) is 11.6 Å². The standard InChI is InChI=1S/C20H24N2O3.ClH/c1-3-24-17-8-10-19(11-9-17)25-18-6-4-16(5-7-18)22-20(23)14(2)15-12-21-13-15;/h4-11,14-15,21H,3,12-13H2,1-2H3,(H,22,23);1H. The molecule has 2 aromatic carbocycles. The lowest BCUT2D eigenvalue weighted by Gasteiger charge is -2.31. The number of ether oxygens (including phenoxy) is 2. The molecule has 1 unspecified atom stereocenters. The molecule has 1 fully saturated rings. The Morgan fingerprint density at radius 3 is 2.12 bits per heavy atom. The lowest BCUT2D eigenvalue weighted by molar-refractivity contribution is -0.121. The summed E-state index contributed by atoms with van der Waals surface area (Å²) in [4.78, 5) is 12.2. The highest BCUT2D eigenvalue weighted by Gasteiger charge is 2.28. The van der Waals surface area contributed by atoms with Crippen LogP contribution in [0.5, 0.6) is 17.2 Å². The Labute approximate surface area is 160 Å². The molecule has 0 radical (unpaired) electrons. The molecule has 1 atom stereocenters. The molecule has 1 heterocycles. The average Bonchev–Trinajstić information content (AvgIpc) is 2.57. The van der Waals surface area contributed by atoms with Gasteiger partial charge in [-0.1, -0.05) is 6.92 Å². The number of hydrogen-bond donors (Lipinski definition) is 2. The first-order valence-electron chi connectivity index (χ1n) is 8.68. The molecular weight excluding hydrogens is 352 g/mol. The molecule has 1 aliphatic heterocycles. The van der Waals surface area contributed by atoms with E-state index in [9.17, 15) is 4.79 Å². The van der Waals surface area contributed by atoms with Gasteiger partial charge in [0.25, 0.3) is 0 Å². The van der Waals surface area contributed by atoms with E-state index in [4.69, 9.17) is 9.47 Å². The van der Waals surface area contributed by atoms with Crippen LogP contribution in [0.25, 0.3) is 0 Å². The predicted molar refractivity (Wildman–Crippen MR) is 106 cm³/mol. The summed E-state index contributed by atoms with van der Waals surface area (Å²) in [5.41, 5.74) is 0.781. The number of hydrogen-bond acceptors (Lipinski definition) is 4. The minimum atomic E-state index is 0. The topological polar surface area (TPSA) is 59.6 Å². The fourth-order valence-electron chi connectivity index (χ4n) is 2.65. The Morgan fingerprint density at radius 2 is 1.62 bits per heavy atom. The third-order valence-corrected chi connectivity index (χ3v) is 4.43. The largest absolute Gasteiger partial charge is 0.494 e. The number of carbonyl (C=O) groups excluding carboxylic acids is 1. The number of rotatable bonds is 7. The molecule has 1 aliphatic rings. The molecule has 2 aromatic rings. The molecule has 26 heavy (non-hydrogen) atoms. The third-order valence-electron chi connectivity index (χ3n) is 4.43. The van der Waals surface area contributed by atoms with Crippen molar-refractivity contribution in [3.05, 3.63) is 48.5 Å². The SMILES string of the molecule is CCOc1ccc(Oc2ccc(NC(=O)C(C)C3CNC3)cc2)cc1.Cl. The van der Waals surface area contributed by atoms with Crippen LogP contribution in [0, 0.1) is 11.8 Å². The van der Waals surface area contributed by atoms with Gasteiger partial charge in [-0.25, -0.2) is 0 Å². The average molecular weight is 377 g/mol. The lowest BCUT2D eigenvalue weighted by atomic mass is 9.88. The zero-order valence-corrected chi connectivity index (χ0v) is 15.8. The van der Waals surface area contributed by atoms with Crippen LogP contribution in [0.3, 0.4) is 0 Å². The Hall–Kier alpha value is -2.24. The van der Waals surface area contributed by atoms with E-state index in [-0.39, 0.29) is 24.2 Å². The number of carbonyl (C=O) groups is 1. The highest BCUT2D eigenvalue weighted by Crippen LogP contribution is 2.25. The molecule has 0 aromatic heterocycles. The van der Waals surface area contributed by atoms with Gasteiger partial charge in [-0.05, 0) is 74.5 Å². The number of amides is 1. The fourth-order valence-corrected chi connectivity index (χ4v) is 2.65. The van der Waals surface area contributed by atoms with Gasteiger partial charge in [0.1, 0.15) is 17.2 Å². The summed E-state index contributed by atoms with van der Waals surface area (Å²) in [6.45, 7) is 6.41. The Kier molecular flexibility index (Phi) is 7.30.